The third-order valence-electron chi connectivity index (χ3n) is 4.10. The molecule has 0 aliphatic heterocycles. The summed E-state index contributed by atoms with van der Waals surface area (Å²) in [6.45, 7) is 0.389. The van der Waals surface area contributed by atoms with Crippen LogP contribution in [-0.2, 0) is 6.54 Å². The molecule has 0 saturated heterocycles. The quantitative estimate of drug-likeness (QED) is 0.574. The number of nitrogens with zero attached hydrogens (tertiary/aromatic N) is 1. The Kier molecular flexibility index (Phi) is 4.22. The highest BCUT2D eigenvalue weighted by Gasteiger charge is 2.14. The average Bonchev–Trinajstić information content (AvgIpc) is 3.08. The minimum Gasteiger partial charge on any atom is -0.497 e. The summed E-state index contributed by atoms with van der Waals surface area (Å²) < 4.78 is 10.9. The van der Waals surface area contributed by atoms with Crippen LogP contribution in [-0.4, -0.2) is 18.0 Å². The number of hydrogen-bond donors (Lipinski definition) is 1. The zero-order valence-corrected chi connectivity index (χ0v) is 14.7. The SMILES string of the molecule is COc1ccc2nc3oc(C(=O)NCc4ccc(Cl)cc4)cc3cc2c1. The van der Waals surface area contributed by atoms with Crippen LogP contribution in [0.2, 0.25) is 5.02 Å². The van der Waals surface area contributed by atoms with Crippen LogP contribution in [0.25, 0.3) is 22.0 Å². The fourth-order valence-corrected chi connectivity index (χ4v) is 2.85. The van der Waals surface area contributed by atoms with Crippen LogP contribution >= 0.6 is 11.6 Å². The lowest BCUT2D eigenvalue weighted by Crippen LogP contribution is -2.22. The Balaban J connectivity index is 1.58. The number of methoxy groups -OCH3 is 1. The number of nitrogens with one attached hydrogen (secondary N) is 1. The Morgan fingerprint density at radius 2 is 1.92 bits per heavy atom. The maximum Gasteiger partial charge on any atom is 0.287 e. The first kappa shape index (κ1) is 16.4. The number of benzene rings is 2. The molecule has 130 valence electrons. The summed E-state index contributed by atoms with van der Waals surface area (Å²) in [7, 11) is 1.62. The van der Waals surface area contributed by atoms with E-state index in [1.807, 2.05) is 36.4 Å². The lowest BCUT2D eigenvalue weighted by atomic mass is 10.2. The van der Waals surface area contributed by atoms with Gasteiger partial charge in [0.05, 0.1) is 12.6 Å². The maximum atomic E-state index is 12.4. The molecule has 6 heteroatoms. The number of aromatic nitrogens is 1. The van der Waals surface area contributed by atoms with Crippen molar-refractivity contribution in [3.05, 3.63) is 70.9 Å². The van der Waals surface area contributed by atoms with Crippen LogP contribution in [0, 0.1) is 0 Å². The number of pyridine rings is 1. The van der Waals surface area contributed by atoms with E-state index in [0.717, 1.165) is 27.6 Å². The van der Waals surface area contributed by atoms with Crippen LogP contribution < -0.4 is 10.1 Å². The zero-order valence-electron chi connectivity index (χ0n) is 14.0. The molecular weight excluding hydrogens is 352 g/mol. The minimum atomic E-state index is -0.292. The van der Waals surface area contributed by atoms with Gasteiger partial charge in [-0.05, 0) is 48.0 Å². The number of carbonyl (C=O) groups is 1. The van der Waals surface area contributed by atoms with Gasteiger partial charge in [-0.15, -0.1) is 0 Å². The predicted octanol–water partition coefficient (Wildman–Crippen LogP) is 4.57. The molecule has 2 aromatic heterocycles. The van der Waals surface area contributed by atoms with Crippen molar-refractivity contribution in [2.75, 3.05) is 7.11 Å². The van der Waals surface area contributed by atoms with Crippen molar-refractivity contribution in [1.82, 2.24) is 10.3 Å². The number of ether oxygens (including phenoxy) is 1. The number of rotatable bonds is 4. The van der Waals surface area contributed by atoms with Crippen molar-refractivity contribution < 1.29 is 13.9 Å². The van der Waals surface area contributed by atoms with Crippen molar-refractivity contribution >= 4 is 39.5 Å². The molecule has 2 heterocycles. The van der Waals surface area contributed by atoms with Gasteiger partial charge >= 0.3 is 0 Å². The summed E-state index contributed by atoms with van der Waals surface area (Å²) in [6, 6.07) is 16.5. The average molecular weight is 367 g/mol. The zero-order chi connectivity index (χ0) is 18.1. The number of amides is 1. The summed E-state index contributed by atoms with van der Waals surface area (Å²) >= 11 is 5.86. The number of hydrogen-bond acceptors (Lipinski definition) is 4. The van der Waals surface area contributed by atoms with Gasteiger partial charge in [-0.2, -0.15) is 0 Å². The van der Waals surface area contributed by atoms with E-state index in [1.54, 1.807) is 25.3 Å². The Morgan fingerprint density at radius 3 is 2.69 bits per heavy atom. The first-order valence-corrected chi connectivity index (χ1v) is 8.41. The van der Waals surface area contributed by atoms with Crippen LogP contribution in [0.1, 0.15) is 16.1 Å². The topological polar surface area (TPSA) is 64.4 Å². The molecule has 4 rings (SSSR count). The lowest BCUT2D eigenvalue weighted by molar-refractivity contribution is 0.0925. The fraction of sp³-hybridized carbons (Fsp3) is 0.100. The highest BCUT2D eigenvalue weighted by Crippen LogP contribution is 2.25. The van der Waals surface area contributed by atoms with Crippen LogP contribution in [0.15, 0.2) is 59.0 Å². The molecule has 0 spiro atoms. The first-order chi connectivity index (χ1) is 12.6. The molecule has 26 heavy (non-hydrogen) atoms. The van der Waals surface area contributed by atoms with Gasteiger partial charge in [0, 0.05) is 22.3 Å². The second-order valence-corrected chi connectivity index (χ2v) is 6.30. The molecule has 0 atom stereocenters. The van der Waals surface area contributed by atoms with Gasteiger partial charge in [0.25, 0.3) is 5.91 Å². The largest absolute Gasteiger partial charge is 0.497 e. The van der Waals surface area contributed by atoms with Gasteiger partial charge in [-0.3, -0.25) is 4.79 Å². The molecule has 4 aromatic rings. The van der Waals surface area contributed by atoms with Crippen molar-refractivity contribution in [1.29, 1.82) is 0 Å². The highest BCUT2D eigenvalue weighted by molar-refractivity contribution is 6.30. The molecule has 0 aliphatic rings. The Labute approximate surface area is 154 Å². The second-order valence-electron chi connectivity index (χ2n) is 5.86. The van der Waals surface area contributed by atoms with Gasteiger partial charge in [-0.25, -0.2) is 4.98 Å². The van der Waals surface area contributed by atoms with E-state index in [4.69, 9.17) is 20.8 Å². The monoisotopic (exact) mass is 366 g/mol. The van der Waals surface area contributed by atoms with E-state index in [2.05, 4.69) is 10.3 Å². The molecule has 0 unspecified atom stereocenters. The molecule has 5 nitrogen and oxygen atoms in total. The van der Waals surface area contributed by atoms with Crippen molar-refractivity contribution in [2.45, 2.75) is 6.54 Å². The number of fused-ring (bicyclic) bond motifs is 2. The van der Waals surface area contributed by atoms with E-state index >= 15 is 0 Å². The third-order valence-corrected chi connectivity index (χ3v) is 4.35. The summed E-state index contributed by atoms with van der Waals surface area (Å²) in [4.78, 5) is 16.8. The smallest absolute Gasteiger partial charge is 0.287 e. The van der Waals surface area contributed by atoms with Crippen molar-refractivity contribution in [2.24, 2.45) is 0 Å². The molecular formula is C20H15ClN2O3. The molecule has 0 saturated carbocycles. The van der Waals surface area contributed by atoms with Gasteiger partial charge in [-0.1, -0.05) is 23.7 Å². The highest BCUT2D eigenvalue weighted by atomic mass is 35.5. The van der Waals surface area contributed by atoms with Crippen LogP contribution in [0.4, 0.5) is 0 Å². The Bertz CT molecular complexity index is 1100. The van der Waals surface area contributed by atoms with E-state index in [1.165, 1.54) is 0 Å². The van der Waals surface area contributed by atoms with E-state index in [0.29, 0.717) is 17.3 Å². The Hall–Kier alpha value is -3.05. The molecule has 0 radical (unpaired) electrons. The number of furan rings is 1. The van der Waals surface area contributed by atoms with Gasteiger partial charge < -0.3 is 14.5 Å². The van der Waals surface area contributed by atoms with Gasteiger partial charge in [0.15, 0.2) is 5.76 Å². The van der Waals surface area contributed by atoms with E-state index in [9.17, 15) is 4.79 Å². The summed E-state index contributed by atoms with van der Waals surface area (Å²) in [5, 5.41) is 5.18. The van der Waals surface area contributed by atoms with Gasteiger partial charge in [0.2, 0.25) is 5.71 Å². The van der Waals surface area contributed by atoms with Crippen molar-refractivity contribution in [3.63, 3.8) is 0 Å². The van der Waals surface area contributed by atoms with E-state index < -0.39 is 0 Å². The molecule has 0 fully saturated rings. The molecule has 0 bridgehead atoms. The number of carbonyl (C=O) groups excluding carboxylic acids is 1. The maximum absolute atomic E-state index is 12.4. The molecule has 1 N–H and O–H groups in total. The summed E-state index contributed by atoms with van der Waals surface area (Å²) in [5.74, 6) is 0.686. The van der Waals surface area contributed by atoms with Crippen LogP contribution in [0.3, 0.4) is 0 Å². The number of halogens is 1. The van der Waals surface area contributed by atoms with E-state index in [-0.39, 0.29) is 11.7 Å². The summed E-state index contributed by atoms with van der Waals surface area (Å²) in [5.41, 5.74) is 2.16. The normalized spacial score (nSPS) is 11.0. The summed E-state index contributed by atoms with van der Waals surface area (Å²) in [6.07, 6.45) is 0. The predicted molar refractivity (Wildman–Crippen MR) is 101 cm³/mol. The molecule has 0 aliphatic carbocycles. The molecule has 2 aromatic carbocycles. The minimum absolute atomic E-state index is 0.226. The van der Waals surface area contributed by atoms with Crippen molar-refractivity contribution in [3.8, 4) is 5.75 Å². The molecule has 1 amide bonds. The standard InChI is InChI=1S/C20H15ClN2O3/c1-25-16-6-7-17-13(9-16)8-14-10-18(26-20(14)23-17)19(24)22-11-12-2-4-15(21)5-3-12/h2-10H,11H2,1H3,(H,22,24). The van der Waals surface area contributed by atoms with Gasteiger partial charge in [0.1, 0.15) is 5.75 Å². The lowest BCUT2D eigenvalue weighted by Gasteiger charge is -2.03. The van der Waals surface area contributed by atoms with Crippen LogP contribution in [0.5, 0.6) is 5.75 Å². The fourth-order valence-electron chi connectivity index (χ4n) is 2.72. The second kappa shape index (κ2) is 6.69. The third kappa shape index (κ3) is 3.21. The Morgan fingerprint density at radius 1 is 1.12 bits per heavy atom. The first-order valence-electron chi connectivity index (χ1n) is 8.03.